The maximum atomic E-state index is 10.7. The summed E-state index contributed by atoms with van der Waals surface area (Å²) < 4.78 is 4.55. The lowest BCUT2D eigenvalue weighted by atomic mass is 9.94. The summed E-state index contributed by atoms with van der Waals surface area (Å²) in [4.78, 5) is 0. The molecule has 4 heteroatoms. The Morgan fingerprint density at radius 2 is 1.00 bits per heavy atom. The fourth-order valence-corrected chi connectivity index (χ4v) is 7.31. The minimum Gasteiger partial charge on any atom is -0.309 e. The van der Waals surface area contributed by atoms with E-state index in [2.05, 4.69) is 130 Å². The van der Waals surface area contributed by atoms with Gasteiger partial charge in [0.25, 0.3) is 0 Å². The van der Waals surface area contributed by atoms with Gasteiger partial charge < -0.3 is 9.13 Å². The van der Waals surface area contributed by atoms with Gasteiger partial charge in [-0.2, -0.15) is 10.5 Å². The second kappa shape index (κ2) is 10.9. The molecule has 0 N–H and O–H groups in total. The fraction of sp³-hybridized carbons (Fsp3) is 0. The number of aromatic nitrogens is 2. The van der Waals surface area contributed by atoms with E-state index < -0.39 is 0 Å². The summed E-state index contributed by atoms with van der Waals surface area (Å²) in [6.07, 6.45) is 0. The zero-order valence-corrected chi connectivity index (χ0v) is 25.8. The molecule has 0 radical (unpaired) electrons. The van der Waals surface area contributed by atoms with Crippen LogP contribution in [0.25, 0.3) is 77.2 Å². The molecule has 0 aliphatic carbocycles. The molecule has 0 atom stereocenters. The van der Waals surface area contributed by atoms with Crippen LogP contribution >= 0.6 is 0 Å². The Morgan fingerprint density at radius 1 is 0.396 bits per heavy atom. The van der Waals surface area contributed by atoms with E-state index in [-0.39, 0.29) is 0 Å². The van der Waals surface area contributed by atoms with Crippen LogP contribution in [0.1, 0.15) is 11.1 Å². The van der Waals surface area contributed by atoms with Gasteiger partial charge in [-0.05, 0) is 65.7 Å². The first-order chi connectivity index (χ1) is 23.7. The Labute approximate surface area is 277 Å². The van der Waals surface area contributed by atoms with Crippen LogP contribution in [0.2, 0.25) is 0 Å². The molecule has 2 aromatic heterocycles. The molecular formula is C44H26N4. The normalized spacial score (nSPS) is 11.3. The number of hydrogen-bond donors (Lipinski definition) is 0. The molecule has 0 fully saturated rings. The Hall–Kier alpha value is -6.88. The molecule has 222 valence electrons. The SMILES string of the molecule is N#Cc1ccc2c(c1)c1ccccc1n2-c1c(C#N)cccc1-c1cc(-c2ccccc2)ccc1-n1c2ccccc2c2ccccc21. The lowest BCUT2D eigenvalue weighted by Crippen LogP contribution is -2.04. The summed E-state index contributed by atoms with van der Waals surface area (Å²) in [6.45, 7) is 0. The van der Waals surface area contributed by atoms with Crippen molar-refractivity contribution >= 4 is 43.6 Å². The van der Waals surface area contributed by atoms with E-state index in [0.29, 0.717) is 11.1 Å². The van der Waals surface area contributed by atoms with Crippen molar-refractivity contribution in [1.82, 2.24) is 9.13 Å². The Bertz CT molecular complexity index is 2750. The summed E-state index contributed by atoms with van der Waals surface area (Å²) >= 11 is 0. The zero-order valence-electron chi connectivity index (χ0n) is 25.8. The van der Waals surface area contributed by atoms with Crippen LogP contribution in [0, 0.1) is 22.7 Å². The summed E-state index contributed by atoms with van der Waals surface area (Å²) in [6, 6.07) is 59.0. The minimum absolute atomic E-state index is 0.567. The number of para-hydroxylation sites is 4. The van der Waals surface area contributed by atoms with E-state index in [1.54, 1.807) is 0 Å². The minimum atomic E-state index is 0.567. The number of nitriles is 2. The lowest BCUT2D eigenvalue weighted by Gasteiger charge is -2.20. The highest BCUT2D eigenvalue weighted by molar-refractivity contribution is 6.12. The van der Waals surface area contributed by atoms with Gasteiger partial charge >= 0.3 is 0 Å². The molecule has 0 saturated carbocycles. The third-order valence-corrected chi connectivity index (χ3v) is 9.40. The van der Waals surface area contributed by atoms with E-state index in [1.165, 1.54) is 10.8 Å². The number of benzene rings is 7. The molecule has 9 rings (SSSR count). The van der Waals surface area contributed by atoms with Crippen molar-refractivity contribution in [3.63, 3.8) is 0 Å². The van der Waals surface area contributed by atoms with Crippen molar-refractivity contribution in [3.8, 4) is 45.8 Å². The van der Waals surface area contributed by atoms with Crippen LogP contribution in [0.3, 0.4) is 0 Å². The van der Waals surface area contributed by atoms with E-state index >= 15 is 0 Å². The zero-order chi connectivity index (χ0) is 32.2. The first-order valence-corrected chi connectivity index (χ1v) is 15.9. The van der Waals surface area contributed by atoms with E-state index in [1.807, 2.05) is 48.5 Å². The van der Waals surface area contributed by atoms with Crippen LogP contribution in [0.5, 0.6) is 0 Å². The van der Waals surface area contributed by atoms with Crippen molar-refractivity contribution < 1.29 is 0 Å². The van der Waals surface area contributed by atoms with Gasteiger partial charge in [0.1, 0.15) is 6.07 Å². The van der Waals surface area contributed by atoms with Gasteiger partial charge in [0.15, 0.2) is 0 Å². The number of fused-ring (bicyclic) bond motifs is 6. The molecule has 4 nitrogen and oxygen atoms in total. The van der Waals surface area contributed by atoms with Crippen molar-refractivity contribution in [2.45, 2.75) is 0 Å². The summed E-state index contributed by atoms with van der Waals surface area (Å²) in [5, 5.41) is 24.8. The standard InChI is InChI=1S/C44H26N4/c45-27-29-21-23-43-37(25-29)35-16-6-9-20-41(35)48(43)44-32(28-46)13-10-17-36(44)38-26-31(30-11-2-1-3-12-30)22-24-42(38)47-39-18-7-4-14-33(39)34-15-5-8-19-40(34)47/h1-26H. The van der Waals surface area contributed by atoms with E-state index in [0.717, 1.165) is 66.5 Å². The number of rotatable bonds is 4. The second-order valence-electron chi connectivity index (χ2n) is 12.0. The molecule has 0 spiro atoms. The van der Waals surface area contributed by atoms with Gasteiger partial charge in [-0.1, -0.05) is 103 Å². The van der Waals surface area contributed by atoms with Crippen LogP contribution in [-0.4, -0.2) is 9.13 Å². The molecule has 48 heavy (non-hydrogen) atoms. The van der Waals surface area contributed by atoms with Crippen molar-refractivity contribution in [2.24, 2.45) is 0 Å². The quantitative estimate of drug-likeness (QED) is 0.199. The number of nitrogens with zero attached hydrogens (tertiary/aromatic N) is 4. The first-order valence-electron chi connectivity index (χ1n) is 15.9. The molecule has 0 unspecified atom stereocenters. The van der Waals surface area contributed by atoms with Gasteiger partial charge in [-0.25, -0.2) is 0 Å². The van der Waals surface area contributed by atoms with Crippen molar-refractivity contribution in [2.75, 3.05) is 0 Å². The highest BCUT2D eigenvalue weighted by atomic mass is 15.0. The summed E-state index contributed by atoms with van der Waals surface area (Å²) in [5.74, 6) is 0. The van der Waals surface area contributed by atoms with Crippen LogP contribution in [-0.2, 0) is 0 Å². The van der Waals surface area contributed by atoms with E-state index in [4.69, 9.17) is 0 Å². The lowest BCUT2D eigenvalue weighted by molar-refractivity contribution is 1.15. The molecule has 2 heterocycles. The van der Waals surface area contributed by atoms with Gasteiger partial charge in [0, 0.05) is 32.7 Å². The third-order valence-electron chi connectivity index (χ3n) is 9.40. The largest absolute Gasteiger partial charge is 0.309 e. The van der Waals surface area contributed by atoms with E-state index in [9.17, 15) is 10.5 Å². The van der Waals surface area contributed by atoms with Crippen LogP contribution < -0.4 is 0 Å². The van der Waals surface area contributed by atoms with Gasteiger partial charge in [0.05, 0.1) is 50.6 Å². The summed E-state index contributed by atoms with van der Waals surface area (Å²) in [5.41, 5.74) is 11.3. The monoisotopic (exact) mass is 610 g/mol. The summed E-state index contributed by atoms with van der Waals surface area (Å²) in [7, 11) is 0. The second-order valence-corrected chi connectivity index (χ2v) is 12.0. The molecule has 0 aliphatic rings. The van der Waals surface area contributed by atoms with Crippen LogP contribution in [0.4, 0.5) is 0 Å². The van der Waals surface area contributed by atoms with Crippen molar-refractivity contribution in [3.05, 3.63) is 169 Å². The molecule has 0 aliphatic heterocycles. The Morgan fingerprint density at radius 3 is 1.67 bits per heavy atom. The van der Waals surface area contributed by atoms with Gasteiger partial charge in [-0.15, -0.1) is 0 Å². The van der Waals surface area contributed by atoms with Crippen molar-refractivity contribution in [1.29, 1.82) is 10.5 Å². The maximum Gasteiger partial charge on any atom is 0.101 e. The third kappa shape index (κ3) is 4.07. The molecule has 7 aromatic carbocycles. The molecular weight excluding hydrogens is 585 g/mol. The molecule has 0 saturated heterocycles. The highest BCUT2D eigenvalue weighted by Gasteiger charge is 2.23. The smallest absolute Gasteiger partial charge is 0.101 e. The molecule has 0 amide bonds. The average molecular weight is 611 g/mol. The predicted molar refractivity (Wildman–Crippen MR) is 195 cm³/mol. The Kier molecular flexibility index (Phi) is 6.22. The Balaban J connectivity index is 1.44. The molecule has 0 bridgehead atoms. The molecule has 9 aromatic rings. The van der Waals surface area contributed by atoms with Gasteiger partial charge in [-0.3, -0.25) is 0 Å². The average Bonchev–Trinajstić information content (AvgIpc) is 3.67. The topological polar surface area (TPSA) is 57.4 Å². The number of hydrogen-bond acceptors (Lipinski definition) is 2. The van der Waals surface area contributed by atoms with Gasteiger partial charge in [0.2, 0.25) is 0 Å². The first kappa shape index (κ1) is 27.4. The van der Waals surface area contributed by atoms with Crippen LogP contribution in [0.15, 0.2) is 158 Å². The maximum absolute atomic E-state index is 10.7. The predicted octanol–water partition coefficient (Wildman–Crippen LogP) is 11.0. The highest BCUT2D eigenvalue weighted by Crippen LogP contribution is 2.43. The fourth-order valence-electron chi connectivity index (χ4n) is 7.31.